The lowest BCUT2D eigenvalue weighted by atomic mass is 10.1. The maximum absolute atomic E-state index is 9.35. The van der Waals surface area contributed by atoms with Crippen LogP contribution >= 0.6 is 0 Å². The summed E-state index contributed by atoms with van der Waals surface area (Å²) in [5.74, 6) is 1.71. The molecular formula is C31H44N2O2. The molecule has 0 aliphatic rings. The Morgan fingerprint density at radius 3 is 2.17 bits per heavy atom. The van der Waals surface area contributed by atoms with Gasteiger partial charge < -0.3 is 9.84 Å². The van der Waals surface area contributed by atoms with Crippen LogP contribution in [0.1, 0.15) is 96.5 Å². The maximum atomic E-state index is 9.35. The van der Waals surface area contributed by atoms with Crippen LogP contribution in [0.15, 0.2) is 48.8 Å². The Morgan fingerprint density at radius 1 is 0.771 bits per heavy atom. The van der Waals surface area contributed by atoms with E-state index in [9.17, 15) is 5.11 Å². The van der Waals surface area contributed by atoms with E-state index in [1.807, 2.05) is 19.3 Å². The van der Waals surface area contributed by atoms with Gasteiger partial charge >= 0.3 is 0 Å². The van der Waals surface area contributed by atoms with Crippen molar-refractivity contribution in [3.63, 3.8) is 0 Å². The van der Waals surface area contributed by atoms with Crippen molar-refractivity contribution in [2.75, 3.05) is 6.61 Å². The van der Waals surface area contributed by atoms with Crippen LogP contribution < -0.4 is 4.74 Å². The van der Waals surface area contributed by atoms with Crippen LogP contribution in [0.5, 0.6) is 5.75 Å². The molecule has 0 amide bonds. The van der Waals surface area contributed by atoms with Crippen LogP contribution in [-0.2, 0) is 6.42 Å². The molecule has 1 aromatic heterocycles. The van der Waals surface area contributed by atoms with Crippen LogP contribution in [0.25, 0.3) is 22.2 Å². The third-order valence-corrected chi connectivity index (χ3v) is 6.63. The van der Waals surface area contributed by atoms with Gasteiger partial charge in [0.15, 0.2) is 5.82 Å². The Labute approximate surface area is 212 Å². The van der Waals surface area contributed by atoms with Crippen LogP contribution in [0.3, 0.4) is 0 Å². The number of aromatic nitrogens is 2. The van der Waals surface area contributed by atoms with E-state index in [4.69, 9.17) is 4.74 Å². The molecule has 1 heterocycles. The van der Waals surface area contributed by atoms with Gasteiger partial charge in [-0.25, -0.2) is 9.97 Å². The van der Waals surface area contributed by atoms with E-state index in [0.717, 1.165) is 62.3 Å². The van der Waals surface area contributed by atoms with Crippen molar-refractivity contribution >= 4 is 10.8 Å². The number of aliphatic hydroxyl groups excluding tert-OH is 1. The lowest BCUT2D eigenvalue weighted by Gasteiger charge is -2.09. The minimum atomic E-state index is -0.196. The van der Waals surface area contributed by atoms with Gasteiger partial charge in [0.25, 0.3) is 0 Å². The Balaban J connectivity index is 1.43. The lowest BCUT2D eigenvalue weighted by molar-refractivity contribution is 0.180. The first kappa shape index (κ1) is 27.1. The summed E-state index contributed by atoms with van der Waals surface area (Å²) in [6.45, 7) is 4.91. The molecule has 0 saturated carbocycles. The summed E-state index contributed by atoms with van der Waals surface area (Å²) in [5, 5.41) is 11.7. The lowest BCUT2D eigenvalue weighted by Crippen LogP contribution is -1.99. The SMILES string of the molecule is CCCCCCCCCCOc1ccc2cc(-c3ncc(CCCCCC(C)O)cn3)ccc2c1. The zero-order valence-corrected chi connectivity index (χ0v) is 21.8. The van der Waals surface area contributed by atoms with Crippen molar-refractivity contribution in [1.82, 2.24) is 9.97 Å². The summed E-state index contributed by atoms with van der Waals surface area (Å²) >= 11 is 0. The van der Waals surface area contributed by atoms with Gasteiger partial charge in [0.1, 0.15) is 5.75 Å². The van der Waals surface area contributed by atoms with Crippen LogP contribution in [0.4, 0.5) is 0 Å². The molecule has 0 saturated heterocycles. The highest BCUT2D eigenvalue weighted by molar-refractivity contribution is 5.87. The van der Waals surface area contributed by atoms with Crippen LogP contribution in [0, 0.1) is 0 Å². The van der Waals surface area contributed by atoms with Gasteiger partial charge in [0.05, 0.1) is 12.7 Å². The molecule has 0 radical (unpaired) electrons. The minimum Gasteiger partial charge on any atom is -0.494 e. The second kappa shape index (κ2) is 15.5. The maximum Gasteiger partial charge on any atom is 0.159 e. The summed E-state index contributed by atoms with van der Waals surface area (Å²) in [6, 6.07) is 12.7. The summed E-state index contributed by atoms with van der Waals surface area (Å²) in [6.07, 6.45) is 19.4. The van der Waals surface area contributed by atoms with E-state index >= 15 is 0 Å². The smallest absolute Gasteiger partial charge is 0.159 e. The standard InChI is InChI=1S/C31H44N2O2/c1-3-4-5-6-7-8-9-13-20-35-30-19-18-27-21-29(17-16-28(27)22-30)31-32-23-26(24-33-31)15-12-10-11-14-25(2)34/h16-19,21-25,34H,3-15,20H2,1-2H3. The summed E-state index contributed by atoms with van der Waals surface area (Å²) in [4.78, 5) is 9.22. The quantitative estimate of drug-likeness (QED) is 0.199. The molecule has 3 aromatic rings. The first-order valence-corrected chi connectivity index (χ1v) is 13.8. The third kappa shape index (κ3) is 9.97. The van der Waals surface area contributed by atoms with Gasteiger partial charge in [0.2, 0.25) is 0 Å². The largest absolute Gasteiger partial charge is 0.494 e. The van der Waals surface area contributed by atoms with Gasteiger partial charge in [0, 0.05) is 18.0 Å². The van der Waals surface area contributed by atoms with Crippen molar-refractivity contribution in [3.05, 3.63) is 54.4 Å². The molecule has 1 unspecified atom stereocenters. The van der Waals surface area contributed by atoms with Crippen molar-refractivity contribution in [2.45, 2.75) is 103 Å². The van der Waals surface area contributed by atoms with E-state index < -0.39 is 0 Å². The van der Waals surface area contributed by atoms with Crippen molar-refractivity contribution in [1.29, 1.82) is 0 Å². The van der Waals surface area contributed by atoms with E-state index in [1.54, 1.807) is 0 Å². The Kier molecular flexibility index (Phi) is 12.0. The zero-order chi connectivity index (χ0) is 24.7. The van der Waals surface area contributed by atoms with Gasteiger partial charge in [-0.2, -0.15) is 0 Å². The predicted octanol–water partition coefficient (Wildman–Crippen LogP) is 8.30. The molecule has 1 N–H and O–H groups in total. The van der Waals surface area contributed by atoms with Crippen molar-refractivity contribution in [2.24, 2.45) is 0 Å². The fourth-order valence-electron chi connectivity index (χ4n) is 4.46. The molecule has 0 aliphatic heterocycles. The highest BCUT2D eigenvalue weighted by Gasteiger charge is 2.05. The van der Waals surface area contributed by atoms with Gasteiger partial charge in [-0.05, 0) is 67.1 Å². The molecule has 0 aliphatic carbocycles. The van der Waals surface area contributed by atoms with E-state index in [0.29, 0.717) is 0 Å². The molecule has 2 aromatic carbocycles. The highest BCUT2D eigenvalue weighted by Crippen LogP contribution is 2.26. The van der Waals surface area contributed by atoms with Gasteiger partial charge in [-0.15, -0.1) is 0 Å². The number of hydrogen-bond donors (Lipinski definition) is 1. The predicted molar refractivity (Wildman–Crippen MR) is 147 cm³/mol. The number of fused-ring (bicyclic) bond motifs is 1. The normalized spacial score (nSPS) is 12.2. The minimum absolute atomic E-state index is 0.196. The van der Waals surface area contributed by atoms with Crippen LogP contribution in [-0.4, -0.2) is 27.8 Å². The monoisotopic (exact) mass is 476 g/mol. The van der Waals surface area contributed by atoms with Gasteiger partial charge in [-0.1, -0.05) is 82.9 Å². The molecule has 0 bridgehead atoms. The first-order valence-electron chi connectivity index (χ1n) is 13.8. The number of nitrogens with zero attached hydrogens (tertiary/aromatic N) is 2. The number of aryl methyl sites for hydroxylation is 1. The second-order valence-corrected chi connectivity index (χ2v) is 9.91. The van der Waals surface area contributed by atoms with E-state index in [2.05, 4.69) is 53.3 Å². The molecule has 4 heteroatoms. The first-order chi connectivity index (χ1) is 17.2. The molecule has 35 heavy (non-hydrogen) atoms. The average Bonchev–Trinajstić information content (AvgIpc) is 2.87. The topological polar surface area (TPSA) is 55.2 Å². The number of hydrogen-bond acceptors (Lipinski definition) is 4. The molecule has 190 valence electrons. The molecular weight excluding hydrogens is 432 g/mol. The van der Waals surface area contributed by atoms with Crippen molar-refractivity contribution < 1.29 is 9.84 Å². The Morgan fingerprint density at radius 2 is 1.43 bits per heavy atom. The zero-order valence-electron chi connectivity index (χ0n) is 21.8. The number of ether oxygens (including phenoxy) is 1. The third-order valence-electron chi connectivity index (χ3n) is 6.63. The van der Waals surface area contributed by atoms with Gasteiger partial charge in [-0.3, -0.25) is 0 Å². The highest BCUT2D eigenvalue weighted by atomic mass is 16.5. The summed E-state index contributed by atoms with van der Waals surface area (Å²) in [7, 11) is 0. The number of aliphatic hydroxyl groups is 1. The average molecular weight is 477 g/mol. The number of rotatable bonds is 17. The summed E-state index contributed by atoms with van der Waals surface area (Å²) in [5.41, 5.74) is 2.21. The van der Waals surface area contributed by atoms with Crippen molar-refractivity contribution in [3.8, 4) is 17.1 Å². The molecule has 1 atom stereocenters. The second-order valence-electron chi connectivity index (χ2n) is 9.91. The molecule has 4 nitrogen and oxygen atoms in total. The van der Waals surface area contributed by atoms with Crippen LogP contribution in [0.2, 0.25) is 0 Å². The summed E-state index contributed by atoms with van der Waals surface area (Å²) < 4.78 is 6.01. The molecule has 3 rings (SSSR count). The van der Waals surface area contributed by atoms with E-state index in [-0.39, 0.29) is 6.10 Å². The molecule has 0 fully saturated rings. The molecule has 0 spiro atoms. The van der Waals surface area contributed by atoms with E-state index in [1.165, 1.54) is 61.3 Å². The fourth-order valence-corrected chi connectivity index (χ4v) is 4.46. The number of unbranched alkanes of at least 4 members (excludes halogenated alkanes) is 9. The fraction of sp³-hybridized carbons (Fsp3) is 0.548. The Hall–Kier alpha value is -2.46. The Bertz CT molecular complexity index is 985. The number of benzene rings is 2.